The second-order valence-electron chi connectivity index (χ2n) is 5.99. The van der Waals surface area contributed by atoms with Crippen LogP contribution >= 0.6 is 0 Å². The van der Waals surface area contributed by atoms with Crippen LogP contribution in [-0.4, -0.2) is 5.91 Å². The maximum atomic E-state index is 12.3. The van der Waals surface area contributed by atoms with Gasteiger partial charge in [0, 0.05) is 0 Å². The van der Waals surface area contributed by atoms with Crippen molar-refractivity contribution >= 4 is 16.7 Å². The van der Waals surface area contributed by atoms with Crippen LogP contribution in [0.2, 0.25) is 0 Å². The summed E-state index contributed by atoms with van der Waals surface area (Å²) in [6, 6.07) is 30.2. The van der Waals surface area contributed by atoms with Crippen LogP contribution < -0.4 is 5.73 Å². The van der Waals surface area contributed by atoms with Gasteiger partial charge in [-0.3, -0.25) is 4.79 Å². The molecule has 0 fully saturated rings. The molecule has 120 valence electrons. The lowest BCUT2D eigenvalue weighted by atomic mass is 9.89. The molecule has 4 aromatic rings. The third-order valence-electron chi connectivity index (χ3n) is 4.48. The van der Waals surface area contributed by atoms with Gasteiger partial charge in [-0.2, -0.15) is 0 Å². The highest BCUT2D eigenvalue weighted by Gasteiger charge is 2.16. The molecule has 1 amide bonds. The monoisotopic (exact) mass is 323 g/mol. The summed E-state index contributed by atoms with van der Waals surface area (Å²) in [5, 5.41) is 1.90. The molecule has 2 heteroatoms. The van der Waals surface area contributed by atoms with E-state index in [1.54, 1.807) is 0 Å². The summed E-state index contributed by atoms with van der Waals surface area (Å²) in [5.41, 5.74) is 10.4. The minimum Gasteiger partial charge on any atom is -0.366 e. The van der Waals surface area contributed by atoms with Gasteiger partial charge in [0.05, 0.1) is 5.56 Å². The topological polar surface area (TPSA) is 43.1 Å². The lowest BCUT2D eigenvalue weighted by Gasteiger charge is -2.15. The third-order valence-corrected chi connectivity index (χ3v) is 4.48. The van der Waals surface area contributed by atoms with Crippen molar-refractivity contribution in [1.82, 2.24) is 0 Å². The molecule has 0 bridgehead atoms. The first-order valence-electron chi connectivity index (χ1n) is 8.22. The number of carbonyl (C=O) groups excluding carboxylic acids is 1. The number of rotatable bonds is 3. The molecule has 0 aliphatic carbocycles. The zero-order valence-corrected chi connectivity index (χ0v) is 13.6. The molecule has 0 saturated carbocycles. The van der Waals surface area contributed by atoms with Crippen molar-refractivity contribution in [3.05, 3.63) is 96.6 Å². The number of hydrogen-bond donors (Lipinski definition) is 1. The maximum absolute atomic E-state index is 12.3. The summed E-state index contributed by atoms with van der Waals surface area (Å²) in [6.45, 7) is 0. The van der Waals surface area contributed by atoms with Crippen molar-refractivity contribution in [2.75, 3.05) is 0 Å². The number of hydrogen-bond acceptors (Lipinski definition) is 1. The minimum atomic E-state index is -0.408. The van der Waals surface area contributed by atoms with Crippen molar-refractivity contribution in [1.29, 1.82) is 0 Å². The van der Waals surface area contributed by atoms with Gasteiger partial charge in [0.15, 0.2) is 0 Å². The minimum absolute atomic E-state index is 0.408. The fourth-order valence-electron chi connectivity index (χ4n) is 3.35. The molecular weight excluding hydrogens is 306 g/mol. The second-order valence-corrected chi connectivity index (χ2v) is 5.99. The van der Waals surface area contributed by atoms with Gasteiger partial charge in [-0.1, -0.05) is 91.0 Å². The highest BCUT2D eigenvalue weighted by Crippen LogP contribution is 2.36. The van der Waals surface area contributed by atoms with Crippen LogP contribution in [0.5, 0.6) is 0 Å². The highest BCUT2D eigenvalue weighted by atomic mass is 16.1. The van der Waals surface area contributed by atoms with E-state index in [1.165, 1.54) is 0 Å². The van der Waals surface area contributed by atoms with E-state index in [0.717, 1.165) is 33.0 Å². The van der Waals surface area contributed by atoms with Crippen molar-refractivity contribution in [3.63, 3.8) is 0 Å². The predicted molar refractivity (Wildman–Crippen MR) is 103 cm³/mol. The Bertz CT molecular complexity index is 1070. The van der Waals surface area contributed by atoms with E-state index in [0.29, 0.717) is 5.56 Å². The molecule has 0 unspecified atom stereocenters. The second kappa shape index (κ2) is 6.25. The largest absolute Gasteiger partial charge is 0.366 e. The Balaban J connectivity index is 2.04. The van der Waals surface area contributed by atoms with Gasteiger partial charge in [0.2, 0.25) is 5.91 Å². The Morgan fingerprint density at radius 2 is 1.24 bits per heavy atom. The first-order chi connectivity index (χ1) is 12.3. The van der Waals surface area contributed by atoms with E-state index < -0.39 is 5.91 Å². The Hall–Kier alpha value is -3.39. The molecule has 0 atom stereocenters. The van der Waals surface area contributed by atoms with Crippen LogP contribution in [0.1, 0.15) is 10.4 Å². The van der Waals surface area contributed by atoms with Gasteiger partial charge < -0.3 is 5.73 Å². The van der Waals surface area contributed by atoms with Gasteiger partial charge in [0.1, 0.15) is 0 Å². The van der Waals surface area contributed by atoms with Gasteiger partial charge in [-0.15, -0.1) is 0 Å². The SMILES string of the molecule is NC(=O)c1c(-c2ccccc2-c2ccccc2)ccc2ccccc12. The summed E-state index contributed by atoms with van der Waals surface area (Å²) in [5.74, 6) is -0.408. The first-order valence-corrected chi connectivity index (χ1v) is 8.22. The van der Waals surface area contributed by atoms with E-state index in [4.69, 9.17) is 5.73 Å². The van der Waals surface area contributed by atoms with Gasteiger partial charge in [-0.25, -0.2) is 0 Å². The molecule has 25 heavy (non-hydrogen) atoms. The van der Waals surface area contributed by atoms with Crippen molar-refractivity contribution < 1.29 is 4.79 Å². The van der Waals surface area contributed by atoms with Crippen molar-refractivity contribution in [3.8, 4) is 22.3 Å². The summed E-state index contributed by atoms with van der Waals surface area (Å²) in [7, 11) is 0. The molecule has 2 nitrogen and oxygen atoms in total. The summed E-state index contributed by atoms with van der Waals surface area (Å²) >= 11 is 0. The summed E-state index contributed by atoms with van der Waals surface area (Å²) in [6.07, 6.45) is 0. The van der Waals surface area contributed by atoms with Crippen LogP contribution in [0.3, 0.4) is 0 Å². The molecule has 0 heterocycles. The Labute approximate surface area is 146 Å². The van der Waals surface area contributed by atoms with E-state index in [9.17, 15) is 4.79 Å². The molecule has 4 aromatic carbocycles. The Morgan fingerprint density at radius 3 is 2.00 bits per heavy atom. The molecular formula is C23H17NO. The summed E-state index contributed by atoms with van der Waals surface area (Å²) in [4.78, 5) is 12.3. The molecule has 0 saturated heterocycles. The van der Waals surface area contributed by atoms with Crippen molar-refractivity contribution in [2.45, 2.75) is 0 Å². The Morgan fingerprint density at radius 1 is 0.600 bits per heavy atom. The molecule has 2 N–H and O–H groups in total. The first kappa shape index (κ1) is 15.2. The van der Waals surface area contributed by atoms with Crippen LogP contribution in [0.25, 0.3) is 33.0 Å². The Kier molecular flexibility index (Phi) is 3.79. The number of primary amides is 1. The van der Waals surface area contributed by atoms with E-state index in [-0.39, 0.29) is 0 Å². The summed E-state index contributed by atoms with van der Waals surface area (Å²) < 4.78 is 0. The quantitative estimate of drug-likeness (QED) is 0.548. The highest BCUT2D eigenvalue weighted by molar-refractivity contribution is 6.12. The van der Waals surface area contributed by atoms with Gasteiger partial charge >= 0.3 is 0 Å². The molecule has 0 aliphatic rings. The zero-order chi connectivity index (χ0) is 17.2. The molecule has 0 aromatic heterocycles. The number of benzene rings is 4. The lowest BCUT2D eigenvalue weighted by Crippen LogP contribution is -2.13. The smallest absolute Gasteiger partial charge is 0.249 e. The fraction of sp³-hybridized carbons (Fsp3) is 0. The van der Waals surface area contributed by atoms with Crippen LogP contribution in [0.4, 0.5) is 0 Å². The predicted octanol–water partition coefficient (Wildman–Crippen LogP) is 5.27. The van der Waals surface area contributed by atoms with E-state index in [2.05, 4.69) is 18.2 Å². The molecule has 0 spiro atoms. The average Bonchev–Trinajstić information content (AvgIpc) is 2.67. The average molecular weight is 323 g/mol. The number of amides is 1. The van der Waals surface area contributed by atoms with Crippen molar-refractivity contribution in [2.24, 2.45) is 5.73 Å². The number of nitrogens with two attached hydrogens (primary N) is 1. The standard InChI is InChI=1S/C23H17NO/c24-23(25)22-19-12-5-4-10-17(19)14-15-21(22)20-13-7-6-11-18(20)16-8-2-1-3-9-16/h1-15H,(H2,24,25). The molecule has 4 rings (SSSR count). The van der Waals surface area contributed by atoms with Gasteiger partial charge in [0.25, 0.3) is 0 Å². The van der Waals surface area contributed by atoms with E-state index in [1.807, 2.05) is 72.8 Å². The van der Waals surface area contributed by atoms with Gasteiger partial charge in [-0.05, 0) is 33.0 Å². The maximum Gasteiger partial charge on any atom is 0.249 e. The van der Waals surface area contributed by atoms with Crippen LogP contribution in [0.15, 0.2) is 91.0 Å². The van der Waals surface area contributed by atoms with E-state index >= 15 is 0 Å². The van der Waals surface area contributed by atoms with Crippen LogP contribution in [0, 0.1) is 0 Å². The zero-order valence-electron chi connectivity index (χ0n) is 13.6. The fourth-order valence-corrected chi connectivity index (χ4v) is 3.35. The number of fused-ring (bicyclic) bond motifs is 1. The lowest BCUT2D eigenvalue weighted by molar-refractivity contribution is 0.100. The number of carbonyl (C=O) groups is 1. The normalized spacial score (nSPS) is 10.7. The molecule has 0 radical (unpaired) electrons. The molecule has 0 aliphatic heterocycles. The third kappa shape index (κ3) is 2.68. The van der Waals surface area contributed by atoms with Crippen LogP contribution in [-0.2, 0) is 0 Å².